The Hall–Kier alpha value is -0.580. The Morgan fingerprint density at radius 2 is 2.53 bits per heavy atom. The van der Waals surface area contributed by atoms with Crippen LogP contribution < -0.4 is 5.32 Å². The van der Waals surface area contributed by atoms with E-state index in [2.05, 4.69) is 23.3 Å². The summed E-state index contributed by atoms with van der Waals surface area (Å²) in [6.45, 7) is 4.04. The molecule has 3 unspecified atom stereocenters. The van der Waals surface area contributed by atoms with Crippen LogP contribution >= 0.6 is 11.8 Å². The van der Waals surface area contributed by atoms with Crippen molar-refractivity contribution in [1.29, 1.82) is 0 Å². The molecule has 1 aromatic rings. The van der Waals surface area contributed by atoms with E-state index in [9.17, 15) is 0 Å². The van der Waals surface area contributed by atoms with E-state index in [0.29, 0.717) is 5.25 Å². The van der Waals surface area contributed by atoms with E-state index in [1.807, 2.05) is 30.2 Å². The first-order valence-corrected chi connectivity index (χ1v) is 7.27. The van der Waals surface area contributed by atoms with Gasteiger partial charge in [-0.15, -0.1) is 0 Å². The summed E-state index contributed by atoms with van der Waals surface area (Å²) in [7, 11) is 0. The van der Waals surface area contributed by atoms with Crippen LogP contribution in [0.25, 0.3) is 0 Å². The zero-order chi connectivity index (χ0) is 11.7. The Kier molecular flexibility index (Phi) is 3.11. The van der Waals surface area contributed by atoms with Crippen LogP contribution in [-0.4, -0.2) is 34.7 Å². The summed E-state index contributed by atoms with van der Waals surface area (Å²) in [5.74, 6) is 1.19. The topological polar surface area (TPSA) is 34.1 Å². The number of nitrogens with one attached hydrogen (secondary N) is 1. The van der Waals surface area contributed by atoms with E-state index in [0.717, 1.165) is 19.6 Å². The zero-order valence-corrected chi connectivity index (χ0v) is 10.9. The molecule has 2 aliphatic rings. The average Bonchev–Trinajstić information content (AvgIpc) is 2.73. The minimum absolute atomic E-state index is 0.0358. The summed E-state index contributed by atoms with van der Waals surface area (Å²) in [5, 5.41) is 4.16. The Balaban J connectivity index is 1.96. The highest BCUT2D eigenvalue weighted by atomic mass is 32.2. The molecule has 0 aromatic carbocycles. The van der Waals surface area contributed by atoms with Gasteiger partial charge in [0.25, 0.3) is 0 Å². The number of nitrogens with zero attached hydrogens (tertiary/aromatic N) is 1. The molecule has 92 valence electrons. The van der Waals surface area contributed by atoms with Gasteiger partial charge in [-0.2, -0.15) is 11.8 Å². The van der Waals surface area contributed by atoms with Crippen LogP contribution in [-0.2, 0) is 4.74 Å². The summed E-state index contributed by atoms with van der Waals surface area (Å²) in [5.41, 5.74) is 1.22. The van der Waals surface area contributed by atoms with E-state index >= 15 is 0 Å². The Bertz CT molecular complexity index is 386. The first kappa shape index (κ1) is 11.5. The third kappa shape index (κ3) is 1.88. The normalized spacial score (nSPS) is 37.5. The first-order chi connectivity index (χ1) is 8.33. The van der Waals surface area contributed by atoms with Crippen molar-refractivity contribution in [3.8, 4) is 0 Å². The van der Waals surface area contributed by atoms with Crippen LogP contribution in [0.1, 0.15) is 24.9 Å². The van der Waals surface area contributed by atoms with Gasteiger partial charge in [0.05, 0.1) is 18.2 Å². The van der Waals surface area contributed by atoms with Gasteiger partial charge in [-0.1, -0.05) is 13.0 Å². The Morgan fingerprint density at radius 1 is 1.59 bits per heavy atom. The van der Waals surface area contributed by atoms with Crippen molar-refractivity contribution in [3.05, 3.63) is 30.1 Å². The quantitative estimate of drug-likeness (QED) is 0.827. The highest BCUT2D eigenvalue weighted by molar-refractivity contribution is 8.00. The standard InChI is InChI=1S/C13H18N2OS/c1-10-13(4-8-17-10)12(15-6-7-16-13)11-3-2-5-14-9-11/h2-3,5,9-10,12,15H,4,6-8H2,1H3. The first-order valence-electron chi connectivity index (χ1n) is 6.22. The van der Waals surface area contributed by atoms with Crippen molar-refractivity contribution in [2.24, 2.45) is 0 Å². The molecular formula is C13H18N2OS. The summed E-state index contributed by atoms with van der Waals surface area (Å²) >= 11 is 2.02. The van der Waals surface area contributed by atoms with Gasteiger partial charge in [0.15, 0.2) is 0 Å². The molecule has 4 heteroatoms. The van der Waals surface area contributed by atoms with Gasteiger partial charge in [0, 0.05) is 24.2 Å². The van der Waals surface area contributed by atoms with Gasteiger partial charge in [-0.25, -0.2) is 0 Å². The predicted octanol–water partition coefficient (Wildman–Crippen LogP) is 2.01. The molecule has 0 amide bonds. The SMILES string of the molecule is CC1SCCC12OCCNC2c1cccnc1. The predicted molar refractivity (Wildman–Crippen MR) is 70.2 cm³/mol. The number of hydrogen-bond donors (Lipinski definition) is 1. The number of morpholine rings is 1. The lowest BCUT2D eigenvalue weighted by molar-refractivity contribution is -0.0940. The highest BCUT2D eigenvalue weighted by Gasteiger charge is 2.50. The molecular weight excluding hydrogens is 232 g/mol. The second kappa shape index (κ2) is 4.59. The molecule has 1 aromatic heterocycles. The maximum atomic E-state index is 6.19. The van der Waals surface area contributed by atoms with Crippen LogP contribution in [0.15, 0.2) is 24.5 Å². The molecule has 3 atom stereocenters. The molecule has 0 saturated carbocycles. The van der Waals surface area contributed by atoms with E-state index in [1.165, 1.54) is 11.3 Å². The lowest BCUT2D eigenvalue weighted by Gasteiger charge is -2.44. The zero-order valence-electron chi connectivity index (χ0n) is 10.1. The second-order valence-electron chi connectivity index (χ2n) is 4.74. The maximum absolute atomic E-state index is 6.19. The van der Waals surface area contributed by atoms with Crippen molar-refractivity contribution in [1.82, 2.24) is 10.3 Å². The largest absolute Gasteiger partial charge is 0.371 e. The monoisotopic (exact) mass is 250 g/mol. The molecule has 17 heavy (non-hydrogen) atoms. The summed E-state index contributed by atoms with van der Waals surface area (Å²) < 4.78 is 6.19. The van der Waals surface area contributed by atoms with Gasteiger partial charge in [-0.05, 0) is 23.8 Å². The fraction of sp³-hybridized carbons (Fsp3) is 0.615. The molecule has 2 aliphatic heterocycles. The van der Waals surface area contributed by atoms with Gasteiger partial charge < -0.3 is 10.1 Å². The van der Waals surface area contributed by atoms with Gasteiger partial charge in [0.2, 0.25) is 0 Å². The minimum atomic E-state index is -0.0358. The van der Waals surface area contributed by atoms with Crippen molar-refractivity contribution < 1.29 is 4.74 Å². The number of hydrogen-bond acceptors (Lipinski definition) is 4. The van der Waals surface area contributed by atoms with Crippen LogP contribution in [0, 0.1) is 0 Å². The van der Waals surface area contributed by atoms with E-state index in [-0.39, 0.29) is 11.6 Å². The fourth-order valence-corrected chi connectivity index (χ4v) is 4.35. The molecule has 2 fully saturated rings. The molecule has 0 aliphatic carbocycles. The molecule has 0 radical (unpaired) electrons. The Labute approximate surface area is 106 Å². The number of aromatic nitrogens is 1. The van der Waals surface area contributed by atoms with Gasteiger partial charge >= 0.3 is 0 Å². The van der Waals surface area contributed by atoms with Crippen molar-refractivity contribution in [2.45, 2.75) is 30.2 Å². The molecule has 3 nitrogen and oxygen atoms in total. The van der Waals surface area contributed by atoms with Crippen LogP contribution in [0.4, 0.5) is 0 Å². The minimum Gasteiger partial charge on any atom is -0.371 e. The van der Waals surface area contributed by atoms with Gasteiger partial charge in [-0.3, -0.25) is 4.98 Å². The molecule has 3 heterocycles. The van der Waals surface area contributed by atoms with Gasteiger partial charge in [0.1, 0.15) is 0 Å². The lowest BCUT2D eigenvalue weighted by atomic mass is 9.83. The van der Waals surface area contributed by atoms with Crippen molar-refractivity contribution >= 4 is 11.8 Å². The summed E-state index contributed by atoms with van der Waals surface area (Å²) in [6.07, 6.45) is 4.92. The van der Waals surface area contributed by atoms with E-state index < -0.39 is 0 Å². The number of thioether (sulfide) groups is 1. The third-order valence-corrected chi connectivity index (χ3v) is 5.22. The number of pyridine rings is 1. The van der Waals surface area contributed by atoms with E-state index in [4.69, 9.17) is 4.74 Å². The molecule has 2 saturated heterocycles. The molecule has 1 spiro atoms. The third-order valence-electron chi connectivity index (χ3n) is 3.88. The van der Waals surface area contributed by atoms with Crippen LogP contribution in [0.5, 0.6) is 0 Å². The fourth-order valence-electron chi connectivity index (χ4n) is 2.96. The van der Waals surface area contributed by atoms with E-state index in [1.54, 1.807) is 0 Å². The van der Waals surface area contributed by atoms with Crippen molar-refractivity contribution in [3.63, 3.8) is 0 Å². The summed E-state index contributed by atoms with van der Waals surface area (Å²) in [6, 6.07) is 4.44. The second-order valence-corrected chi connectivity index (χ2v) is 6.19. The van der Waals surface area contributed by atoms with Crippen LogP contribution in [0.3, 0.4) is 0 Å². The Morgan fingerprint density at radius 3 is 3.24 bits per heavy atom. The van der Waals surface area contributed by atoms with Crippen molar-refractivity contribution in [2.75, 3.05) is 18.9 Å². The maximum Gasteiger partial charge on any atom is 0.1000 e. The number of ether oxygens (including phenoxy) is 1. The highest BCUT2D eigenvalue weighted by Crippen LogP contribution is 2.47. The summed E-state index contributed by atoms with van der Waals surface area (Å²) in [4.78, 5) is 4.24. The molecule has 1 N–H and O–H groups in total. The molecule has 3 rings (SSSR count). The van der Waals surface area contributed by atoms with Crippen LogP contribution in [0.2, 0.25) is 0 Å². The lowest BCUT2D eigenvalue weighted by Crippen LogP contribution is -2.55. The molecule has 0 bridgehead atoms. The smallest absolute Gasteiger partial charge is 0.1000 e. The number of rotatable bonds is 1. The average molecular weight is 250 g/mol.